The average molecular weight is 534 g/mol. The van der Waals surface area contributed by atoms with Gasteiger partial charge in [0.2, 0.25) is 5.91 Å². The Morgan fingerprint density at radius 2 is 1.49 bits per heavy atom. The molecule has 5 N–H and O–H groups in total. The number of benzene rings is 3. The number of aromatic hydroxyl groups is 1. The van der Waals surface area contributed by atoms with Gasteiger partial charge in [0.25, 0.3) is 11.8 Å². The van der Waals surface area contributed by atoms with Gasteiger partial charge in [0.1, 0.15) is 5.75 Å². The minimum Gasteiger partial charge on any atom is -0.508 e. The number of carbonyl (C=O) groups excluding carboxylic acids is 3. The lowest BCUT2D eigenvalue weighted by Gasteiger charge is -2.30. The summed E-state index contributed by atoms with van der Waals surface area (Å²) in [4.78, 5) is 40.3. The minimum absolute atomic E-state index is 0.0523. The number of nitrogens with zero attached hydrogens (tertiary/aromatic N) is 1. The largest absolute Gasteiger partial charge is 0.508 e. The molecule has 0 saturated carbocycles. The van der Waals surface area contributed by atoms with E-state index in [1.165, 1.54) is 25.1 Å². The third-order valence-electron chi connectivity index (χ3n) is 6.26. The Bertz CT molecular complexity index is 1250. The summed E-state index contributed by atoms with van der Waals surface area (Å²) in [6.07, 6.45) is -2.55. The number of nitrogens with one attached hydrogen (secondary N) is 2. The summed E-state index contributed by atoms with van der Waals surface area (Å²) in [7, 11) is 0. The van der Waals surface area contributed by atoms with E-state index in [4.69, 9.17) is 0 Å². The average Bonchev–Trinajstić information content (AvgIpc) is 2.92. The van der Waals surface area contributed by atoms with Crippen molar-refractivity contribution >= 4 is 17.7 Å². The molecule has 0 saturated heterocycles. The number of phenols is 1. The Labute approximate surface area is 228 Å². The van der Waals surface area contributed by atoms with Crippen molar-refractivity contribution < 1.29 is 29.7 Å². The molecule has 0 aliphatic rings. The predicted molar refractivity (Wildman–Crippen MR) is 147 cm³/mol. The van der Waals surface area contributed by atoms with E-state index >= 15 is 0 Å². The van der Waals surface area contributed by atoms with Crippen LogP contribution in [-0.4, -0.2) is 69.3 Å². The first kappa shape index (κ1) is 29.3. The van der Waals surface area contributed by atoms with E-state index in [9.17, 15) is 29.7 Å². The molecule has 0 bridgehead atoms. The van der Waals surface area contributed by atoms with E-state index in [1.54, 1.807) is 31.2 Å². The summed E-state index contributed by atoms with van der Waals surface area (Å²) in [5.74, 6) is -1.89. The zero-order valence-corrected chi connectivity index (χ0v) is 22.1. The second kappa shape index (κ2) is 14.1. The van der Waals surface area contributed by atoms with Crippen LogP contribution in [0.5, 0.6) is 5.75 Å². The van der Waals surface area contributed by atoms with Crippen LogP contribution in [0.3, 0.4) is 0 Å². The maximum Gasteiger partial charge on any atom is 0.254 e. The number of phenolic OH excluding ortho intramolecular Hbond substituents is 1. The highest BCUT2D eigenvalue weighted by atomic mass is 16.3. The van der Waals surface area contributed by atoms with Crippen LogP contribution in [0.4, 0.5) is 0 Å². The number of aliphatic hydroxyl groups is 2. The molecule has 0 heterocycles. The molecule has 3 amide bonds. The standard InChI is InChI=1S/C30H35N3O6/c1-20(34)18-33(19-27(36)31-17-23-12-7-4-8-13-23)30(39)28(37)25(16-22-10-5-3-6-11-22)32-29(38)24-14-9-15-26(35)21(24)2/h3-15,20,25,28,34-35,37H,16-19H2,1-2H3,(H,31,36)(H,32,38). The van der Waals surface area contributed by atoms with Crippen molar-refractivity contribution in [2.45, 2.75) is 45.1 Å². The smallest absolute Gasteiger partial charge is 0.254 e. The van der Waals surface area contributed by atoms with E-state index in [0.29, 0.717) is 5.56 Å². The molecule has 3 aromatic rings. The number of aliphatic hydroxyl groups excluding tert-OH is 2. The minimum atomic E-state index is -1.72. The predicted octanol–water partition coefficient (Wildman–Crippen LogP) is 1.93. The van der Waals surface area contributed by atoms with Crippen molar-refractivity contribution in [1.82, 2.24) is 15.5 Å². The molecule has 0 aliphatic heterocycles. The van der Waals surface area contributed by atoms with Crippen LogP contribution >= 0.6 is 0 Å². The molecule has 3 unspecified atom stereocenters. The maximum atomic E-state index is 13.5. The molecular formula is C30H35N3O6. The third kappa shape index (κ3) is 8.66. The molecule has 3 aromatic carbocycles. The number of carbonyl (C=O) groups is 3. The summed E-state index contributed by atoms with van der Waals surface area (Å²) in [6, 6.07) is 21.8. The monoisotopic (exact) mass is 533 g/mol. The van der Waals surface area contributed by atoms with Crippen LogP contribution in [0.25, 0.3) is 0 Å². The van der Waals surface area contributed by atoms with Crippen molar-refractivity contribution in [2.24, 2.45) is 0 Å². The summed E-state index contributed by atoms with van der Waals surface area (Å²) < 4.78 is 0. The fraction of sp³-hybridized carbons (Fsp3) is 0.300. The molecule has 9 heteroatoms. The topological polar surface area (TPSA) is 139 Å². The Balaban J connectivity index is 1.79. The van der Waals surface area contributed by atoms with E-state index in [1.807, 2.05) is 36.4 Å². The highest BCUT2D eigenvalue weighted by Gasteiger charge is 2.33. The molecule has 9 nitrogen and oxygen atoms in total. The highest BCUT2D eigenvalue weighted by molar-refractivity contribution is 5.97. The molecule has 0 aromatic heterocycles. The van der Waals surface area contributed by atoms with Crippen molar-refractivity contribution in [1.29, 1.82) is 0 Å². The number of hydrogen-bond donors (Lipinski definition) is 5. The van der Waals surface area contributed by atoms with Crippen LogP contribution in [0.2, 0.25) is 0 Å². The van der Waals surface area contributed by atoms with Crippen LogP contribution in [0, 0.1) is 6.92 Å². The summed E-state index contributed by atoms with van der Waals surface area (Å²) in [5, 5.41) is 36.7. The van der Waals surface area contributed by atoms with Gasteiger partial charge in [0, 0.05) is 24.2 Å². The van der Waals surface area contributed by atoms with E-state index in [2.05, 4.69) is 10.6 Å². The SMILES string of the molecule is Cc1c(O)cccc1C(=O)NC(Cc1ccccc1)C(O)C(=O)N(CC(=O)NCc1ccccc1)CC(C)O. The summed E-state index contributed by atoms with van der Waals surface area (Å²) in [6.45, 7) is 2.76. The molecule has 3 atom stereocenters. The van der Waals surface area contributed by atoms with Gasteiger partial charge in [-0.3, -0.25) is 14.4 Å². The molecule has 0 aliphatic carbocycles. The first-order valence-electron chi connectivity index (χ1n) is 12.7. The maximum absolute atomic E-state index is 13.5. The lowest BCUT2D eigenvalue weighted by Crippen LogP contribution is -2.55. The first-order chi connectivity index (χ1) is 18.7. The van der Waals surface area contributed by atoms with Gasteiger partial charge in [-0.1, -0.05) is 66.7 Å². The fourth-order valence-electron chi connectivity index (χ4n) is 4.16. The zero-order valence-electron chi connectivity index (χ0n) is 22.1. The van der Waals surface area contributed by atoms with Gasteiger partial charge in [-0.2, -0.15) is 0 Å². The number of rotatable bonds is 12. The normalized spacial score (nSPS) is 13.1. The van der Waals surface area contributed by atoms with Crippen LogP contribution in [0.1, 0.15) is 34.0 Å². The molecule has 39 heavy (non-hydrogen) atoms. The van der Waals surface area contributed by atoms with Crippen molar-refractivity contribution in [3.8, 4) is 5.75 Å². The quantitative estimate of drug-likeness (QED) is 0.241. The lowest BCUT2D eigenvalue weighted by atomic mass is 9.98. The van der Waals surface area contributed by atoms with E-state index < -0.39 is 36.0 Å². The Morgan fingerprint density at radius 1 is 0.872 bits per heavy atom. The van der Waals surface area contributed by atoms with Gasteiger partial charge in [-0.25, -0.2) is 0 Å². The summed E-state index contributed by atoms with van der Waals surface area (Å²) in [5.41, 5.74) is 2.21. The van der Waals surface area contributed by atoms with Crippen LogP contribution in [-0.2, 0) is 22.6 Å². The Kier molecular flexibility index (Phi) is 10.6. The lowest BCUT2D eigenvalue weighted by molar-refractivity contribution is -0.145. The zero-order chi connectivity index (χ0) is 28.4. The first-order valence-corrected chi connectivity index (χ1v) is 12.7. The van der Waals surface area contributed by atoms with Crippen molar-refractivity contribution in [2.75, 3.05) is 13.1 Å². The number of hydrogen-bond acceptors (Lipinski definition) is 6. The van der Waals surface area contributed by atoms with Gasteiger partial charge in [-0.05, 0) is 43.5 Å². The third-order valence-corrected chi connectivity index (χ3v) is 6.26. The Morgan fingerprint density at radius 3 is 2.10 bits per heavy atom. The van der Waals surface area contributed by atoms with Crippen molar-refractivity contribution in [3.63, 3.8) is 0 Å². The van der Waals surface area contributed by atoms with Crippen LogP contribution in [0.15, 0.2) is 78.9 Å². The molecular weight excluding hydrogens is 498 g/mol. The molecule has 206 valence electrons. The van der Waals surface area contributed by atoms with Crippen molar-refractivity contribution in [3.05, 3.63) is 101 Å². The van der Waals surface area contributed by atoms with Gasteiger partial charge in [0.15, 0.2) is 6.10 Å². The summed E-state index contributed by atoms with van der Waals surface area (Å²) >= 11 is 0. The number of amides is 3. The van der Waals surface area contributed by atoms with E-state index in [-0.39, 0.29) is 37.4 Å². The molecule has 0 spiro atoms. The second-order valence-corrected chi connectivity index (χ2v) is 9.49. The Hall–Kier alpha value is -4.21. The van der Waals surface area contributed by atoms with Gasteiger partial charge < -0.3 is 30.9 Å². The fourth-order valence-corrected chi connectivity index (χ4v) is 4.16. The van der Waals surface area contributed by atoms with Gasteiger partial charge in [-0.15, -0.1) is 0 Å². The van der Waals surface area contributed by atoms with Gasteiger partial charge in [0.05, 0.1) is 18.7 Å². The van der Waals surface area contributed by atoms with E-state index in [0.717, 1.165) is 16.0 Å². The molecule has 0 radical (unpaired) electrons. The molecule has 3 rings (SSSR count). The molecule has 0 fully saturated rings. The highest BCUT2D eigenvalue weighted by Crippen LogP contribution is 2.20. The van der Waals surface area contributed by atoms with Crippen LogP contribution < -0.4 is 10.6 Å². The van der Waals surface area contributed by atoms with Gasteiger partial charge >= 0.3 is 0 Å². The second-order valence-electron chi connectivity index (χ2n) is 9.49.